The number of rotatable bonds is 5. The van der Waals surface area contributed by atoms with E-state index in [1.807, 2.05) is 4.90 Å². The summed E-state index contributed by atoms with van der Waals surface area (Å²) in [6, 6.07) is 4.67. The van der Waals surface area contributed by atoms with Crippen LogP contribution in [-0.4, -0.2) is 46.4 Å². The van der Waals surface area contributed by atoms with E-state index in [1.165, 1.54) is 6.07 Å². The molecule has 1 saturated heterocycles. The minimum atomic E-state index is -2.43. The predicted molar refractivity (Wildman–Crippen MR) is 68.9 cm³/mol. The fourth-order valence-electron chi connectivity index (χ4n) is 1.94. The number of piperazine rings is 1. The van der Waals surface area contributed by atoms with Crippen molar-refractivity contribution in [3.8, 4) is 5.75 Å². The SMILES string of the molecule is [2H]C([2H])([2H])OCCOc1ccc(N2CCNCC2)c(F)c1. The molecule has 1 heterocycles. The van der Waals surface area contributed by atoms with Crippen molar-refractivity contribution < 1.29 is 18.0 Å². The average molecular weight is 257 g/mol. The van der Waals surface area contributed by atoms with Gasteiger partial charge in [0.2, 0.25) is 0 Å². The molecule has 0 atom stereocenters. The smallest absolute Gasteiger partial charge is 0.150 e. The molecule has 2 rings (SSSR count). The zero-order valence-corrected chi connectivity index (χ0v) is 10.1. The van der Waals surface area contributed by atoms with E-state index in [9.17, 15) is 4.39 Å². The Labute approximate surface area is 111 Å². The molecule has 1 aromatic rings. The number of nitrogens with one attached hydrogen (secondary N) is 1. The Kier molecular flexibility index (Phi) is 3.49. The van der Waals surface area contributed by atoms with Gasteiger partial charge in [0.15, 0.2) is 0 Å². The molecule has 0 aromatic heterocycles. The number of ether oxygens (including phenoxy) is 2. The van der Waals surface area contributed by atoms with Crippen LogP contribution >= 0.6 is 0 Å². The number of hydrogen-bond acceptors (Lipinski definition) is 4. The maximum Gasteiger partial charge on any atom is 0.150 e. The molecule has 1 fully saturated rings. The number of nitrogens with zero attached hydrogens (tertiary/aromatic N) is 1. The Morgan fingerprint density at radius 1 is 1.39 bits per heavy atom. The Bertz CT molecular complexity index is 465. The molecule has 0 radical (unpaired) electrons. The second kappa shape index (κ2) is 6.56. The molecule has 100 valence electrons. The van der Waals surface area contributed by atoms with Gasteiger partial charge in [0.1, 0.15) is 18.2 Å². The second-order valence-electron chi connectivity index (χ2n) is 4.05. The number of benzene rings is 1. The summed E-state index contributed by atoms with van der Waals surface area (Å²) in [6.07, 6.45) is 0. The van der Waals surface area contributed by atoms with E-state index in [1.54, 1.807) is 12.1 Å². The molecule has 1 N–H and O–H groups in total. The second-order valence-corrected chi connectivity index (χ2v) is 4.05. The van der Waals surface area contributed by atoms with Gasteiger partial charge in [-0.05, 0) is 12.1 Å². The summed E-state index contributed by atoms with van der Waals surface area (Å²) in [5, 5.41) is 3.21. The van der Waals surface area contributed by atoms with E-state index in [0.29, 0.717) is 11.4 Å². The van der Waals surface area contributed by atoms with Crippen molar-refractivity contribution >= 4 is 5.69 Å². The highest BCUT2D eigenvalue weighted by Crippen LogP contribution is 2.24. The highest BCUT2D eigenvalue weighted by molar-refractivity contribution is 5.51. The molecule has 18 heavy (non-hydrogen) atoms. The van der Waals surface area contributed by atoms with Crippen LogP contribution in [0.2, 0.25) is 0 Å². The molecule has 4 nitrogen and oxygen atoms in total. The summed E-state index contributed by atoms with van der Waals surface area (Å²) in [4.78, 5) is 1.98. The molecule has 0 spiro atoms. The first-order valence-corrected chi connectivity index (χ1v) is 5.98. The molecule has 1 aliphatic rings. The van der Waals surface area contributed by atoms with Gasteiger partial charge in [-0.2, -0.15) is 0 Å². The van der Waals surface area contributed by atoms with Crippen LogP contribution in [0.25, 0.3) is 0 Å². The number of anilines is 1. The Morgan fingerprint density at radius 3 is 2.94 bits per heavy atom. The van der Waals surface area contributed by atoms with Crippen LogP contribution < -0.4 is 15.0 Å². The lowest BCUT2D eigenvalue weighted by molar-refractivity contribution is 0.146. The molecule has 1 aliphatic heterocycles. The highest BCUT2D eigenvalue weighted by Gasteiger charge is 2.14. The molecule has 0 unspecified atom stereocenters. The van der Waals surface area contributed by atoms with Crippen LogP contribution in [-0.2, 0) is 4.74 Å². The molecule has 5 heteroatoms. The minimum absolute atomic E-state index is 0.0603. The Hall–Kier alpha value is -1.33. The lowest BCUT2D eigenvalue weighted by atomic mass is 10.2. The fourth-order valence-corrected chi connectivity index (χ4v) is 1.94. The van der Waals surface area contributed by atoms with Crippen LogP contribution in [0, 0.1) is 5.82 Å². The molecular weight excluding hydrogens is 235 g/mol. The van der Waals surface area contributed by atoms with Crippen molar-refractivity contribution in [2.24, 2.45) is 0 Å². The minimum Gasteiger partial charge on any atom is -0.491 e. The van der Waals surface area contributed by atoms with Crippen LogP contribution in [0.5, 0.6) is 5.75 Å². The van der Waals surface area contributed by atoms with Crippen molar-refractivity contribution in [1.82, 2.24) is 5.32 Å². The zero-order chi connectivity index (χ0) is 15.3. The third-order valence-electron chi connectivity index (χ3n) is 2.83. The van der Waals surface area contributed by atoms with E-state index in [-0.39, 0.29) is 19.0 Å². The van der Waals surface area contributed by atoms with E-state index in [4.69, 9.17) is 8.85 Å². The van der Waals surface area contributed by atoms with Crippen molar-refractivity contribution in [1.29, 1.82) is 0 Å². The summed E-state index contributed by atoms with van der Waals surface area (Å²) in [5.74, 6) is 0.0201. The largest absolute Gasteiger partial charge is 0.491 e. The van der Waals surface area contributed by atoms with Gasteiger partial charge < -0.3 is 19.7 Å². The van der Waals surface area contributed by atoms with Crippen LogP contribution in [0.1, 0.15) is 4.11 Å². The molecule has 0 aliphatic carbocycles. The third kappa shape index (κ3) is 3.34. The van der Waals surface area contributed by atoms with Crippen molar-refractivity contribution in [2.75, 3.05) is 51.3 Å². The van der Waals surface area contributed by atoms with Gasteiger partial charge in [-0.25, -0.2) is 4.39 Å². The van der Waals surface area contributed by atoms with E-state index in [0.717, 1.165) is 26.2 Å². The Balaban J connectivity index is 1.86. The van der Waals surface area contributed by atoms with Gasteiger partial charge in [0, 0.05) is 39.3 Å². The average Bonchev–Trinajstić information content (AvgIpc) is 2.44. The molecule has 0 amide bonds. The van der Waals surface area contributed by atoms with E-state index in [2.05, 4.69) is 10.1 Å². The third-order valence-corrected chi connectivity index (χ3v) is 2.83. The first-order chi connectivity index (χ1) is 9.96. The van der Waals surface area contributed by atoms with Gasteiger partial charge in [-0.1, -0.05) is 0 Å². The number of halogens is 1. The first kappa shape index (κ1) is 9.58. The quantitative estimate of drug-likeness (QED) is 0.805. The summed E-state index contributed by atoms with van der Waals surface area (Å²) >= 11 is 0. The lowest BCUT2D eigenvalue weighted by Gasteiger charge is -2.29. The summed E-state index contributed by atoms with van der Waals surface area (Å²) in [7, 11) is -2.43. The Morgan fingerprint density at radius 2 is 2.22 bits per heavy atom. The first-order valence-electron chi connectivity index (χ1n) is 7.48. The highest BCUT2D eigenvalue weighted by atomic mass is 19.1. The lowest BCUT2D eigenvalue weighted by Crippen LogP contribution is -2.43. The van der Waals surface area contributed by atoms with Crippen LogP contribution in [0.4, 0.5) is 10.1 Å². The summed E-state index contributed by atoms with van der Waals surface area (Å²) < 4.78 is 44.5. The van der Waals surface area contributed by atoms with E-state index >= 15 is 0 Å². The van der Waals surface area contributed by atoms with Crippen molar-refractivity contribution in [3.05, 3.63) is 24.0 Å². The van der Waals surface area contributed by atoms with Crippen LogP contribution in [0.3, 0.4) is 0 Å². The summed E-state index contributed by atoms with van der Waals surface area (Å²) in [5.41, 5.74) is 0.558. The normalized spacial score (nSPS) is 18.9. The zero-order valence-electron chi connectivity index (χ0n) is 13.1. The van der Waals surface area contributed by atoms with E-state index < -0.39 is 7.04 Å². The summed E-state index contributed by atoms with van der Waals surface area (Å²) in [6.45, 7) is 3.20. The molecule has 0 bridgehead atoms. The fraction of sp³-hybridized carbons (Fsp3) is 0.538. The van der Waals surface area contributed by atoms with Gasteiger partial charge >= 0.3 is 0 Å². The predicted octanol–water partition coefficient (Wildman–Crippen LogP) is 1.26. The maximum absolute atomic E-state index is 14.1. The van der Waals surface area contributed by atoms with Gasteiger partial charge in [-0.3, -0.25) is 0 Å². The monoisotopic (exact) mass is 257 g/mol. The van der Waals surface area contributed by atoms with Gasteiger partial charge in [0.25, 0.3) is 0 Å². The topological polar surface area (TPSA) is 33.7 Å². The van der Waals surface area contributed by atoms with Crippen LogP contribution in [0.15, 0.2) is 18.2 Å². The van der Waals surface area contributed by atoms with Crippen molar-refractivity contribution in [3.63, 3.8) is 0 Å². The number of methoxy groups -OCH3 is 1. The van der Waals surface area contributed by atoms with Gasteiger partial charge in [-0.15, -0.1) is 0 Å². The molecular formula is C13H19FN2O2. The molecule has 1 aromatic carbocycles. The number of hydrogen-bond donors (Lipinski definition) is 1. The van der Waals surface area contributed by atoms with Crippen molar-refractivity contribution in [2.45, 2.75) is 0 Å². The maximum atomic E-state index is 14.1. The standard InChI is InChI=1S/C13H19FN2O2/c1-17-8-9-18-11-2-3-13(12(14)10-11)16-6-4-15-5-7-16/h2-3,10,15H,4-9H2,1H3/i1D3. The molecule has 0 saturated carbocycles. The van der Waals surface area contributed by atoms with Gasteiger partial charge in [0.05, 0.1) is 16.4 Å².